The summed E-state index contributed by atoms with van der Waals surface area (Å²) in [5.74, 6) is 1.02. The zero-order chi connectivity index (χ0) is 14.6. The molecule has 112 valence electrons. The molecule has 1 atom stereocenters. The van der Waals surface area contributed by atoms with Crippen molar-refractivity contribution in [1.29, 1.82) is 0 Å². The molecule has 0 spiro atoms. The van der Waals surface area contributed by atoms with E-state index >= 15 is 0 Å². The molecule has 1 N–H and O–H groups in total. The lowest BCUT2D eigenvalue weighted by atomic mass is 9.88. The van der Waals surface area contributed by atoms with Crippen molar-refractivity contribution in [2.75, 3.05) is 20.3 Å². The van der Waals surface area contributed by atoms with Crippen LogP contribution in [0.25, 0.3) is 0 Å². The van der Waals surface area contributed by atoms with Crippen LogP contribution in [0.15, 0.2) is 18.2 Å². The SMILES string of the molecule is CCCNC1CC(C)(C)Oc2ccc(CCOC)cc21. The van der Waals surface area contributed by atoms with Crippen LogP contribution in [0.5, 0.6) is 5.75 Å². The van der Waals surface area contributed by atoms with Gasteiger partial charge in [0.15, 0.2) is 0 Å². The first-order chi connectivity index (χ1) is 9.55. The molecule has 0 aromatic heterocycles. The quantitative estimate of drug-likeness (QED) is 0.863. The number of rotatable bonds is 6. The molecule has 0 bridgehead atoms. The molecule has 1 aliphatic rings. The Morgan fingerprint density at radius 1 is 1.40 bits per heavy atom. The van der Waals surface area contributed by atoms with Gasteiger partial charge in [-0.2, -0.15) is 0 Å². The first-order valence-electron chi connectivity index (χ1n) is 7.60. The monoisotopic (exact) mass is 277 g/mol. The van der Waals surface area contributed by atoms with E-state index in [0.29, 0.717) is 6.04 Å². The predicted molar refractivity (Wildman–Crippen MR) is 82.4 cm³/mol. The van der Waals surface area contributed by atoms with Gasteiger partial charge in [0.25, 0.3) is 0 Å². The lowest BCUT2D eigenvalue weighted by Gasteiger charge is -2.38. The fraction of sp³-hybridized carbons (Fsp3) is 0.647. The molecule has 2 rings (SSSR count). The molecule has 3 heteroatoms. The molecular weight excluding hydrogens is 250 g/mol. The predicted octanol–water partition coefficient (Wildman–Crippen LogP) is 3.48. The van der Waals surface area contributed by atoms with Gasteiger partial charge in [0.05, 0.1) is 6.61 Å². The average Bonchev–Trinajstić information content (AvgIpc) is 2.41. The van der Waals surface area contributed by atoms with E-state index in [-0.39, 0.29) is 5.60 Å². The van der Waals surface area contributed by atoms with Crippen LogP contribution in [0.2, 0.25) is 0 Å². The van der Waals surface area contributed by atoms with E-state index in [2.05, 4.69) is 44.3 Å². The largest absolute Gasteiger partial charge is 0.487 e. The summed E-state index contributed by atoms with van der Waals surface area (Å²) in [5.41, 5.74) is 2.51. The summed E-state index contributed by atoms with van der Waals surface area (Å²) in [6.07, 6.45) is 3.11. The van der Waals surface area contributed by atoms with Crippen molar-refractivity contribution >= 4 is 0 Å². The van der Waals surface area contributed by atoms with Gasteiger partial charge in [-0.05, 0) is 44.9 Å². The average molecular weight is 277 g/mol. The van der Waals surface area contributed by atoms with Crippen molar-refractivity contribution < 1.29 is 9.47 Å². The fourth-order valence-corrected chi connectivity index (χ4v) is 2.78. The highest BCUT2D eigenvalue weighted by molar-refractivity contribution is 5.42. The maximum absolute atomic E-state index is 6.12. The third kappa shape index (κ3) is 3.74. The molecule has 0 amide bonds. The van der Waals surface area contributed by atoms with Crippen molar-refractivity contribution in [2.45, 2.75) is 51.7 Å². The van der Waals surface area contributed by atoms with E-state index in [0.717, 1.165) is 38.2 Å². The summed E-state index contributed by atoms with van der Waals surface area (Å²) >= 11 is 0. The van der Waals surface area contributed by atoms with Gasteiger partial charge in [-0.15, -0.1) is 0 Å². The molecule has 20 heavy (non-hydrogen) atoms. The highest BCUT2D eigenvalue weighted by Crippen LogP contribution is 2.39. The van der Waals surface area contributed by atoms with Crippen LogP contribution in [-0.2, 0) is 11.2 Å². The molecule has 1 aromatic carbocycles. The van der Waals surface area contributed by atoms with E-state index in [1.165, 1.54) is 11.1 Å². The summed E-state index contributed by atoms with van der Waals surface area (Å²) in [6.45, 7) is 8.33. The van der Waals surface area contributed by atoms with Gasteiger partial charge in [0, 0.05) is 25.1 Å². The Labute approximate surface area is 122 Å². The van der Waals surface area contributed by atoms with E-state index in [1.807, 2.05) is 0 Å². The molecule has 1 unspecified atom stereocenters. The molecule has 1 heterocycles. The van der Waals surface area contributed by atoms with E-state index in [1.54, 1.807) is 7.11 Å². The maximum Gasteiger partial charge on any atom is 0.124 e. The number of ether oxygens (including phenoxy) is 2. The zero-order valence-corrected chi connectivity index (χ0v) is 13.2. The van der Waals surface area contributed by atoms with Gasteiger partial charge in [0.1, 0.15) is 11.4 Å². The second-order valence-corrected chi connectivity index (χ2v) is 6.19. The molecule has 3 nitrogen and oxygen atoms in total. The third-order valence-electron chi connectivity index (χ3n) is 3.77. The van der Waals surface area contributed by atoms with Gasteiger partial charge in [0.2, 0.25) is 0 Å². The standard InChI is InChI=1S/C17H27NO2/c1-5-9-18-15-12-17(2,3)20-16-7-6-13(8-10-19-4)11-14(15)16/h6-7,11,15,18H,5,8-10,12H2,1-4H3. The van der Waals surface area contributed by atoms with E-state index < -0.39 is 0 Å². The van der Waals surface area contributed by atoms with Crippen LogP contribution in [0, 0.1) is 0 Å². The molecular formula is C17H27NO2. The van der Waals surface area contributed by atoms with Crippen LogP contribution >= 0.6 is 0 Å². The maximum atomic E-state index is 6.12. The first kappa shape index (κ1) is 15.3. The van der Waals surface area contributed by atoms with E-state index in [9.17, 15) is 0 Å². The summed E-state index contributed by atoms with van der Waals surface area (Å²) in [7, 11) is 1.75. The van der Waals surface area contributed by atoms with Crippen molar-refractivity contribution in [3.8, 4) is 5.75 Å². The van der Waals surface area contributed by atoms with Gasteiger partial charge >= 0.3 is 0 Å². The minimum absolute atomic E-state index is 0.105. The van der Waals surface area contributed by atoms with Gasteiger partial charge in [-0.25, -0.2) is 0 Å². The minimum atomic E-state index is -0.105. The first-order valence-corrected chi connectivity index (χ1v) is 7.60. The second kappa shape index (κ2) is 6.59. The molecule has 0 radical (unpaired) electrons. The Bertz CT molecular complexity index is 443. The minimum Gasteiger partial charge on any atom is -0.487 e. The summed E-state index contributed by atoms with van der Waals surface area (Å²) < 4.78 is 11.3. The molecule has 0 fully saturated rings. The van der Waals surface area contributed by atoms with Crippen LogP contribution < -0.4 is 10.1 Å². The Balaban J connectivity index is 2.23. The second-order valence-electron chi connectivity index (χ2n) is 6.19. The summed E-state index contributed by atoms with van der Waals surface area (Å²) in [4.78, 5) is 0. The van der Waals surface area contributed by atoms with Crippen LogP contribution in [-0.4, -0.2) is 25.9 Å². The molecule has 1 aromatic rings. The number of nitrogens with one attached hydrogen (secondary N) is 1. The van der Waals surface area contributed by atoms with Crippen molar-refractivity contribution in [1.82, 2.24) is 5.32 Å². The number of hydrogen-bond donors (Lipinski definition) is 1. The van der Waals surface area contributed by atoms with Crippen molar-refractivity contribution in [3.63, 3.8) is 0 Å². The van der Waals surface area contributed by atoms with E-state index in [4.69, 9.17) is 9.47 Å². The smallest absolute Gasteiger partial charge is 0.124 e. The Morgan fingerprint density at radius 3 is 2.90 bits per heavy atom. The van der Waals surface area contributed by atoms with Crippen LogP contribution in [0.1, 0.15) is 50.8 Å². The number of methoxy groups -OCH3 is 1. The lowest BCUT2D eigenvalue weighted by Crippen LogP contribution is -2.39. The Hall–Kier alpha value is -1.06. The highest BCUT2D eigenvalue weighted by Gasteiger charge is 2.33. The number of benzene rings is 1. The van der Waals surface area contributed by atoms with Gasteiger partial charge in [-0.1, -0.05) is 19.1 Å². The summed E-state index contributed by atoms with van der Waals surface area (Å²) in [5, 5.41) is 3.66. The van der Waals surface area contributed by atoms with Crippen molar-refractivity contribution in [2.24, 2.45) is 0 Å². The number of fused-ring (bicyclic) bond motifs is 1. The highest BCUT2D eigenvalue weighted by atomic mass is 16.5. The normalized spacial score (nSPS) is 20.3. The topological polar surface area (TPSA) is 30.5 Å². The van der Waals surface area contributed by atoms with Crippen LogP contribution in [0.4, 0.5) is 0 Å². The Kier molecular flexibility index (Phi) is 5.06. The lowest BCUT2D eigenvalue weighted by molar-refractivity contribution is 0.0660. The fourth-order valence-electron chi connectivity index (χ4n) is 2.78. The molecule has 0 aliphatic carbocycles. The number of hydrogen-bond acceptors (Lipinski definition) is 3. The van der Waals surface area contributed by atoms with Gasteiger partial charge in [-0.3, -0.25) is 0 Å². The van der Waals surface area contributed by atoms with Crippen LogP contribution in [0.3, 0.4) is 0 Å². The zero-order valence-electron chi connectivity index (χ0n) is 13.2. The van der Waals surface area contributed by atoms with Gasteiger partial charge < -0.3 is 14.8 Å². The van der Waals surface area contributed by atoms with Crippen molar-refractivity contribution in [3.05, 3.63) is 29.3 Å². The third-order valence-corrected chi connectivity index (χ3v) is 3.77. The summed E-state index contributed by atoms with van der Waals surface area (Å²) in [6, 6.07) is 6.92. The molecule has 0 saturated heterocycles. The Morgan fingerprint density at radius 2 is 2.20 bits per heavy atom. The molecule has 0 saturated carbocycles. The molecule has 1 aliphatic heterocycles.